The van der Waals surface area contributed by atoms with E-state index in [1.165, 1.54) is 12.1 Å². The zero-order chi connectivity index (χ0) is 21.1. The normalized spacial score (nSPS) is 9.93. The van der Waals surface area contributed by atoms with Crippen molar-refractivity contribution in [2.75, 3.05) is 7.05 Å². The first-order chi connectivity index (χ1) is 13.3. The predicted octanol–water partition coefficient (Wildman–Crippen LogP) is 3.57. The zero-order valence-corrected chi connectivity index (χ0v) is 15.4. The fraction of sp³-hybridized carbons (Fsp3) is 0.105. The number of carbonyl (C=O) groups is 2. The number of benzene rings is 2. The van der Waals surface area contributed by atoms with Crippen molar-refractivity contribution in [3.63, 3.8) is 0 Å². The summed E-state index contributed by atoms with van der Waals surface area (Å²) in [6.07, 6.45) is 1.12. The van der Waals surface area contributed by atoms with Gasteiger partial charge in [0.2, 0.25) is 0 Å². The Labute approximate surface area is 165 Å². The predicted molar refractivity (Wildman–Crippen MR) is 99.8 cm³/mol. The standard InChI is InChI=1S/C15H12ClFN2O.C4H4O4/c1-19-9-11-6-13(4-5-14(11)17)20-15-7-12(16)3-2-10(15)8-18;5-3(6)1-2-4(7)8/h2-7,19H,9H2,1H3;1-2H,(H,5,6)(H,7,8). The molecule has 0 saturated carbocycles. The van der Waals surface area contributed by atoms with Crippen LogP contribution >= 0.6 is 11.6 Å². The highest BCUT2D eigenvalue weighted by molar-refractivity contribution is 6.30. The van der Waals surface area contributed by atoms with Crippen molar-refractivity contribution in [1.29, 1.82) is 5.26 Å². The molecule has 2 aromatic rings. The summed E-state index contributed by atoms with van der Waals surface area (Å²) in [5, 5.41) is 28.0. The van der Waals surface area contributed by atoms with Crippen molar-refractivity contribution in [2.24, 2.45) is 0 Å². The summed E-state index contributed by atoms with van der Waals surface area (Å²) >= 11 is 5.89. The van der Waals surface area contributed by atoms with Crippen LogP contribution in [0.25, 0.3) is 0 Å². The Hall–Kier alpha value is -3.41. The summed E-state index contributed by atoms with van der Waals surface area (Å²) < 4.78 is 19.2. The highest BCUT2D eigenvalue weighted by Gasteiger charge is 2.08. The van der Waals surface area contributed by atoms with Gasteiger partial charge in [-0.05, 0) is 37.4 Å². The minimum absolute atomic E-state index is 0.307. The van der Waals surface area contributed by atoms with Gasteiger partial charge >= 0.3 is 11.9 Å². The first-order valence-corrected chi connectivity index (χ1v) is 8.09. The third-order valence-corrected chi connectivity index (χ3v) is 3.28. The van der Waals surface area contributed by atoms with Crippen molar-refractivity contribution in [3.8, 4) is 17.6 Å². The summed E-state index contributed by atoms with van der Waals surface area (Å²) in [4.78, 5) is 19.1. The lowest BCUT2D eigenvalue weighted by atomic mass is 10.2. The highest BCUT2D eigenvalue weighted by atomic mass is 35.5. The van der Waals surface area contributed by atoms with Gasteiger partial charge in [0, 0.05) is 35.3 Å². The van der Waals surface area contributed by atoms with Gasteiger partial charge in [-0.1, -0.05) is 11.6 Å². The molecule has 2 aromatic carbocycles. The second-order valence-corrected chi connectivity index (χ2v) is 5.58. The first-order valence-electron chi connectivity index (χ1n) is 7.71. The molecule has 146 valence electrons. The van der Waals surface area contributed by atoms with Crippen molar-refractivity contribution < 1.29 is 28.9 Å². The van der Waals surface area contributed by atoms with Crippen LogP contribution in [0.1, 0.15) is 11.1 Å². The number of hydrogen-bond donors (Lipinski definition) is 3. The summed E-state index contributed by atoms with van der Waals surface area (Å²) in [7, 11) is 1.73. The number of carboxylic acid groups (broad SMARTS) is 2. The number of halogens is 2. The lowest BCUT2D eigenvalue weighted by Gasteiger charge is -2.10. The van der Waals surface area contributed by atoms with Gasteiger partial charge in [-0.25, -0.2) is 14.0 Å². The quantitative estimate of drug-likeness (QED) is 0.627. The van der Waals surface area contributed by atoms with Crippen molar-refractivity contribution in [3.05, 3.63) is 70.5 Å². The molecule has 0 saturated heterocycles. The van der Waals surface area contributed by atoms with Gasteiger partial charge in [-0.15, -0.1) is 0 Å². The summed E-state index contributed by atoms with van der Waals surface area (Å²) in [6, 6.07) is 11.2. The lowest BCUT2D eigenvalue weighted by molar-refractivity contribution is -0.134. The zero-order valence-electron chi connectivity index (χ0n) is 14.6. The van der Waals surface area contributed by atoms with Crippen LogP contribution in [0.15, 0.2) is 48.6 Å². The molecule has 0 aliphatic carbocycles. The molecule has 0 amide bonds. The number of ether oxygens (including phenoxy) is 1. The van der Waals surface area contributed by atoms with Crippen LogP contribution in [-0.4, -0.2) is 29.2 Å². The fourth-order valence-corrected chi connectivity index (χ4v) is 2.05. The Morgan fingerprint density at radius 1 is 1.21 bits per heavy atom. The molecular weight excluding hydrogens is 391 g/mol. The third kappa shape index (κ3) is 7.86. The first kappa shape index (κ1) is 22.6. The molecule has 9 heteroatoms. The molecule has 0 aliphatic heterocycles. The maximum atomic E-state index is 13.5. The van der Waals surface area contributed by atoms with E-state index in [0.717, 1.165) is 0 Å². The molecule has 0 aromatic heterocycles. The van der Waals surface area contributed by atoms with E-state index in [4.69, 9.17) is 31.8 Å². The van der Waals surface area contributed by atoms with E-state index in [1.807, 2.05) is 6.07 Å². The van der Waals surface area contributed by atoms with Crippen LogP contribution in [0.2, 0.25) is 5.02 Å². The van der Waals surface area contributed by atoms with Crippen LogP contribution in [0, 0.1) is 17.1 Å². The van der Waals surface area contributed by atoms with Crippen LogP contribution < -0.4 is 10.1 Å². The van der Waals surface area contributed by atoms with Crippen molar-refractivity contribution in [1.82, 2.24) is 5.32 Å². The van der Waals surface area contributed by atoms with Gasteiger partial charge in [0.15, 0.2) is 0 Å². The Morgan fingerprint density at radius 3 is 2.39 bits per heavy atom. The molecule has 2 rings (SSSR count). The maximum Gasteiger partial charge on any atom is 0.328 e. The van der Waals surface area contributed by atoms with Gasteiger partial charge in [0.1, 0.15) is 23.4 Å². The molecule has 28 heavy (non-hydrogen) atoms. The van der Waals surface area contributed by atoms with Gasteiger partial charge in [0.05, 0.1) is 5.56 Å². The average molecular weight is 407 g/mol. The minimum atomic E-state index is -1.26. The topological polar surface area (TPSA) is 120 Å². The highest BCUT2D eigenvalue weighted by Crippen LogP contribution is 2.29. The van der Waals surface area contributed by atoms with E-state index in [2.05, 4.69) is 5.32 Å². The average Bonchev–Trinajstić information content (AvgIpc) is 2.64. The minimum Gasteiger partial charge on any atom is -0.478 e. The SMILES string of the molecule is CNCc1cc(Oc2cc(Cl)ccc2C#N)ccc1F.O=C(O)C=CC(=O)O. The molecular formula is C19H16ClFN2O5. The molecule has 3 N–H and O–H groups in total. The van der Waals surface area contributed by atoms with E-state index in [9.17, 15) is 14.0 Å². The molecule has 7 nitrogen and oxygen atoms in total. The Balaban J connectivity index is 0.000000416. The molecule has 0 aliphatic rings. The van der Waals surface area contributed by atoms with Gasteiger partial charge in [-0.3, -0.25) is 0 Å². The number of nitriles is 1. The Bertz CT molecular complexity index is 909. The Kier molecular flexibility index (Phi) is 9.16. The largest absolute Gasteiger partial charge is 0.478 e. The second-order valence-electron chi connectivity index (χ2n) is 5.15. The van der Waals surface area contributed by atoms with Gasteiger partial charge in [0.25, 0.3) is 0 Å². The van der Waals surface area contributed by atoms with Crippen molar-refractivity contribution >= 4 is 23.5 Å². The van der Waals surface area contributed by atoms with Crippen LogP contribution in [0.4, 0.5) is 4.39 Å². The number of carboxylic acids is 2. The molecule has 0 atom stereocenters. The fourth-order valence-electron chi connectivity index (χ4n) is 1.88. The second kappa shape index (κ2) is 11.3. The van der Waals surface area contributed by atoms with Crippen LogP contribution in [0.5, 0.6) is 11.5 Å². The molecule has 0 radical (unpaired) electrons. The van der Waals surface area contributed by atoms with E-state index in [1.54, 1.807) is 31.3 Å². The van der Waals surface area contributed by atoms with Crippen molar-refractivity contribution in [2.45, 2.75) is 6.54 Å². The maximum absolute atomic E-state index is 13.5. The number of nitrogens with one attached hydrogen (secondary N) is 1. The molecule has 0 spiro atoms. The summed E-state index contributed by atoms with van der Waals surface area (Å²) in [6.45, 7) is 0.393. The van der Waals surface area contributed by atoms with Crippen LogP contribution in [0.3, 0.4) is 0 Å². The number of nitrogens with zero attached hydrogens (tertiary/aromatic N) is 1. The van der Waals surface area contributed by atoms with E-state index in [0.29, 0.717) is 46.3 Å². The molecule has 0 fully saturated rings. The molecule has 0 unspecified atom stereocenters. The van der Waals surface area contributed by atoms with E-state index in [-0.39, 0.29) is 5.82 Å². The number of aliphatic carboxylic acids is 2. The Morgan fingerprint density at radius 2 is 1.86 bits per heavy atom. The summed E-state index contributed by atoms with van der Waals surface area (Å²) in [5.74, 6) is -2.02. The van der Waals surface area contributed by atoms with Crippen LogP contribution in [-0.2, 0) is 16.1 Å². The smallest absolute Gasteiger partial charge is 0.328 e. The van der Waals surface area contributed by atoms with Gasteiger partial charge < -0.3 is 20.3 Å². The summed E-state index contributed by atoms with van der Waals surface area (Å²) in [5.41, 5.74) is 0.861. The van der Waals surface area contributed by atoms with Gasteiger partial charge in [-0.2, -0.15) is 5.26 Å². The lowest BCUT2D eigenvalue weighted by Crippen LogP contribution is -2.07. The monoisotopic (exact) mass is 406 g/mol. The van der Waals surface area contributed by atoms with E-state index >= 15 is 0 Å². The molecule has 0 bridgehead atoms. The van der Waals surface area contributed by atoms with E-state index < -0.39 is 11.9 Å². The molecule has 0 heterocycles. The number of rotatable bonds is 6. The number of hydrogen-bond acceptors (Lipinski definition) is 5. The third-order valence-electron chi connectivity index (χ3n) is 3.04.